The van der Waals surface area contributed by atoms with Crippen molar-refractivity contribution in [3.8, 4) is 0 Å². The maximum Gasteiger partial charge on any atom is 0.0509 e. The predicted molar refractivity (Wildman–Crippen MR) is 71.5 cm³/mol. The SMILES string of the molecule is CC(c1ccccc1)N1C=C2C=CCCC2C1. The van der Waals surface area contributed by atoms with E-state index in [-0.39, 0.29) is 0 Å². The van der Waals surface area contributed by atoms with Crippen LogP contribution in [0.4, 0.5) is 0 Å². The van der Waals surface area contributed by atoms with Crippen molar-refractivity contribution in [2.24, 2.45) is 5.92 Å². The van der Waals surface area contributed by atoms with E-state index in [0.717, 1.165) is 5.92 Å². The Morgan fingerprint density at radius 2 is 2.06 bits per heavy atom. The van der Waals surface area contributed by atoms with Crippen molar-refractivity contribution in [1.82, 2.24) is 4.90 Å². The average molecular weight is 225 g/mol. The maximum absolute atomic E-state index is 2.49. The van der Waals surface area contributed by atoms with Crippen LogP contribution >= 0.6 is 0 Å². The fraction of sp³-hybridized carbons (Fsp3) is 0.375. The number of rotatable bonds is 2. The van der Waals surface area contributed by atoms with E-state index in [1.54, 1.807) is 0 Å². The molecule has 1 aromatic rings. The minimum absolute atomic E-state index is 0.489. The van der Waals surface area contributed by atoms with Crippen LogP contribution in [0.3, 0.4) is 0 Å². The summed E-state index contributed by atoms with van der Waals surface area (Å²) in [6.07, 6.45) is 9.54. The first-order chi connectivity index (χ1) is 8.34. The van der Waals surface area contributed by atoms with Crippen LogP contribution in [0.1, 0.15) is 31.4 Å². The second kappa shape index (κ2) is 4.40. The second-order valence-corrected chi connectivity index (χ2v) is 5.09. The first-order valence-corrected chi connectivity index (χ1v) is 6.53. The number of hydrogen-bond acceptors (Lipinski definition) is 1. The molecule has 1 heteroatoms. The smallest absolute Gasteiger partial charge is 0.0509 e. The molecule has 3 rings (SSSR count). The van der Waals surface area contributed by atoms with Gasteiger partial charge in [-0.05, 0) is 30.9 Å². The summed E-state index contributed by atoms with van der Waals surface area (Å²) in [5.41, 5.74) is 2.94. The fourth-order valence-electron chi connectivity index (χ4n) is 2.86. The number of benzene rings is 1. The molecule has 1 aromatic carbocycles. The van der Waals surface area contributed by atoms with E-state index in [2.05, 4.69) is 60.5 Å². The van der Waals surface area contributed by atoms with Gasteiger partial charge in [-0.25, -0.2) is 0 Å². The molecule has 0 radical (unpaired) electrons. The summed E-state index contributed by atoms with van der Waals surface area (Å²) in [5.74, 6) is 0.770. The fourth-order valence-corrected chi connectivity index (χ4v) is 2.86. The van der Waals surface area contributed by atoms with Crippen molar-refractivity contribution in [2.45, 2.75) is 25.8 Å². The molecule has 0 fully saturated rings. The van der Waals surface area contributed by atoms with Gasteiger partial charge in [-0.15, -0.1) is 0 Å². The largest absolute Gasteiger partial charge is 0.370 e. The lowest BCUT2D eigenvalue weighted by Crippen LogP contribution is -2.22. The quantitative estimate of drug-likeness (QED) is 0.737. The number of nitrogens with zero attached hydrogens (tertiary/aromatic N) is 1. The van der Waals surface area contributed by atoms with E-state index >= 15 is 0 Å². The highest BCUT2D eigenvalue weighted by Crippen LogP contribution is 2.34. The number of allylic oxidation sites excluding steroid dienone is 2. The molecule has 17 heavy (non-hydrogen) atoms. The first-order valence-electron chi connectivity index (χ1n) is 6.53. The molecule has 0 N–H and O–H groups in total. The van der Waals surface area contributed by atoms with Crippen LogP contribution in [0.15, 0.2) is 54.3 Å². The van der Waals surface area contributed by atoms with E-state index in [0.29, 0.717) is 6.04 Å². The van der Waals surface area contributed by atoms with Crippen molar-refractivity contribution >= 4 is 0 Å². The van der Waals surface area contributed by atoms with Gasteiger partial charge >= 0.3 is 0 Å². The Morgan fingerprint density at radius 1 is 1.24 bits per heavy atom. The predicted octanol–water partition coefficient (Wildman–Crippen LogP) is 3.91. The Balaban J connectivity index is 1.79. The highest BCUT2D eigenvalue weighted by Gasteiger charge is 2.27. The number of hydrogen-bond donors (Lipinski definition) is 0. The third kappa shape index (κ3) is 2.02. The highest BCUT2D eigenvalue weighted by atomic mass is 15.2. The Labute approximate surface area is 103 Å². The molecule has 0 saturated carbocycles. The normalized spacial score (nSPS) is 24.4. The molecule has 0 saturated heterocycles. The third-order valence-electron chi connectivity index (χ3n) is 3.99. The molecule has 2 atom stereocenters. The molecular formula is C16H19N. The Hall–Kier alpha value is -1.50. The van der Waals surface area contributed by atoms with Gasteiger partial charge < -0.3 is 4.90 Å². The third-order valence-corrected chi connectivity index (χ3v) is 3.99. The minimum atomic E-state index is 0.489. The van der Waals surface area contributed by atoms with Gasteiger partial charge in [0, 0.05) is 18.7 Å². The van der Waals surface area contributed by atoms with Gasteiger partial charge in [0.2, 0.25) is 0 Å². The second-order valence-electron chi connectivity index (χ2n) is 5.09. The van der Waals surface area contributed by atoms with Crippen molar-refractivity contribution in [3.05, 3.63) is 59.8 Å². The molecule has 1 nitrogen and oxygen atoms in total. The topological polar surface area (TPSA) is 3.24 Å². The van der Waals surface area contributed by atoms with Crippen LogP contribution in [-0.4, -0.2) is 11.4 Å². The maximum atomic E-state index is 2.49. The van der Waals surface area contributed by atoms with Crippen LogP contribution < -0.4 is 0 Å². The summed E-state index contributed by atoms with van der Waals surface area (Å²) in [6.45, 7) is 3.49. The standard InChI is InChI=1S/C16H19N/c1-13(14-7-3-2-4-8-14)17-11-15-9-5-6-10-16(15)12-17/h2-5,7-9,11,13,16H,6,10,12H2,1H3. The Kier molecular flexibility index (Phi) is 2.76. The van der Waals surface area contributed by atoms with Crippen molar-refractivity contribution in [2.75, 3.05) is 6.54 Å². The van der Waals surface area contributed by atoms with Crippen molar-refractivity contribution < 1.29 is 0 Å². The summed E-state index contributed by atoms with van der Waals surface area (Å²) < 4.78 is 0. The Bertz CT molecular complexity index is 444. The van der Waals surface area contributed by atoms with E-state index in [9.17, 15) is 0 Å². The van der Waals surface area contributed by atoms with Crippen molar-refractivity contribution in [3.63, 3.8) is 0 Å². The van der Waals surface area contributed by atoms with Crippen LogP contribution in [0.2, 0.25) is 0 Å². The zero-order valence-corrected chi connectivity index (χ0v) is 10.3. The summed E-state index contributed by atoms with van der Waals surface area (Å²) in [6, 6.07) is 11.3. The molecule has 88 valence electrons. The summed E-state index contributed by atoms with van der Waals surface area (Å²) in [4.78, 5) is 2.49. The lowest BCUT2D eigenvalue weighted by Gasteiger charge is -2.26. The van der Waals surface area contributed by atoms with Gasteiger partial charge in [0.1, 0.15) is 0 Å². The van der Waals surface area contributed by atoms with Crippen LogP contribution in [0, 0.1) is 5.92 Å². The molecular weight excluding hydrogens is 206 g/mol. The van der Waals surface area contributed by atoms with Gasteiger partial charge in [0.05, 0.1) is 6.04 Å². The van der Waals surface area contributed by atoms with E-state index < -0.39 is 0 Å². The molecule has 0 bridgehead atoms. The van der Waals surface area contributed by atoms with E-state index in [1.165, 1.54) is 30.5 Å². The van der Waals surface area contributed by atoms with E-state index in [4.69, 9.17) is 0 Å². The van der Waals surface area contributed by atoms with Gasteiger partial charge in [-0.2, -0.15) is 0 Å². The summed E-state index contributed by atoms with van der Waals surface area (Å²) in [7, 11) is 0. The Morgan fingerprint density at radius 3 is 2.82 bits per heavy atom. The lowest BCUT2D eigenvalue weighted by atomic mass is 9.92. The number of fused-ring (bicyclic) bond motifs is 1. The average Bonchev–Trinajstić information content (AvgIpc) is 2.82. The molecule has 0 spiro atoms. The minimum Gasteiger partial charge on any atom is -0.370 e. The molecule has 0 amide bonds. The van der Waals surface area contributed by atoms with Crippen LogP contribution in [0.25, 0.3) is 0 Å². The molecule has 2 unspecified atom stereocenters. The van der Waals surface area contributed by atoms with Gasteiger partial charge in [-0.3, -0.25) is 0 Å². The monoisotopic (exact) mass is 225 g/mol. The zero-order valence-electron chi connectivity index (χ0n) is 10.3. The lowest BCUT2D eigenvalue weighted by molar-refractivity contribution is 0.291. The van der Waals surface area contributed by atoms with Crippen LogP contribution in [0.5, 0.6) is 0 Å². The molecule has 1 heterocycles. The van der Waals surface area contributed by atoms with Gasteiger partial charge in [0.15, 0.2) is 0 Å². The highest BCUT2D eigenvalue weighted by molar-refractivity contribution is 5.30. The molecule has 0 aromatic heterocycles. The molecule has 1 aliphatic carbocycles. The summed E-state index contributed by atoms with van der Waals surface area (Å²) >= 11 is 0. The zero-order chi connectivity index (χ0) is 11.7. The van der Waals surface area contributed by atoms with Crippen LogP contribution in [-0.2, 0) is 0 Å². The van der Waals surface area contributed by atoms with Gasteiger partial charge in [-0.1, -0.05) is 42.5 Å². The van der Waals surface area contributed by atoms with Crippen molar-refractivity contribution in [1.29, 1.82) is 0 Å². The first kappa shape index (κ1) is 10.6. The molecule has 2 aliphatic rings. The summed E-state index contributed by atoms with van der Waals surface area (Å²) in [5, 5.41) is 0. The van der Waals surface area contributed by atoms with Gasteiger partial charge in [0.25, 0.3) is 0 Å². The molecule has 1 aliphatic heterocycles. The van der Waals surface area contributed by atoms with E-state index in [1.807, 2.05) is 0 Å².